The molecule has 0 radical (unpaired) electrons. The van der Waals surface area contributed by atoms with E-state index in [1.165, 1.54) is 12.3 Å². The molecule has 1 N–H and O–H groups in total. The summed E-state index contributed by atoms with van der Waals surface area (Å²) in [5.74, 6) is 0.451. The van der Waals surface area contributed by atoms with Crippen molar-refractivity contribution >= 4 is 27.1 Å². The normalized spacial score (nSPS) is 20.2. The van der Waals surface area contributed by atoms with Crippen LogP contribution in [0.15, 0.2) is 23.1 Å². The van der Waals surface area contributed by atoms with Crippen molar-refractivity contribution in [2.45, 2.75) is 17.7 Å². The molecular formula is C13H18ClNO3S. The first-order chi connectivity index (χ1) is 8.97. The second-order valence-corrected chi connectivity index (χ2v) is 7.30. The van der Waals surface area contributed by atoms with Gasteiger partial charge >= 0.3 is 0 Å². The van der Waals surface area contributed by atoms with Crippen molar-refractivity contribution in [3.05, 3.63) is 23.2 Å². The predicted octanol–water partition coefficient (Wildman–Crippen LogP) is 2.58. The molecule has 1 fully saturated rings. The van der Waals surface area contributed by atoms with Gasteiger partial charge in [-0.1, -0.05) is 11.6 Å². The van der Waals surface area contributed by atoms with Gasteiger partial charge in [-0.2, -0.15) is 0 Å². The topological polar surface area (TPSA) is 55.4 Å². The van der Waals surface area contributed by atoms with Gasteiger partial charge in [-0.15, -0.1) is 0 Å². The molecule has 1 aromatic carbocycles. The van der Waals surface area contributed by atoms with Crippen LogP contribution in [0.1, 0.15) is 12.8 Å². The van der Waals surface area contributed by atoms with Crippen LogP contribution in [0, 0.1) is 5.92 Å². The van der Waals surface area contributed by atoms with Gasteiger partial charge in [0.25, 0.3) is 0 Å². The number of rotatable bonds is 4. The van der Waals surface area contributed by atoms with E-state index in [0.29, 0.717) is 16.6 Å². The van der Waals surface area contributed by atoms with Gasteiger partial charge < -0.3 is 10.1 Å². The summed E-state index contributed by atoms with van der Waals surface area (Å²) in [6.07, 6.45) is 3.38. The summed E-state index contributed by atoms with van der Waals surface area (Å²) in [5.41, 5.74) is 0.662. The molecule has 1 aromatic rings. The van der Waals surface area contributed by atoms with Gasteiger partial charge in [0.1, 0.15) is 0 Å². The molecule has 6 heteroatoms. The Morgan fingerprint density at radius 3 is 2.89 bits per heavy atom. The summed E-state index contributed by atoms with van der Waals surface area (Å²) in [5, 5.41) is 3.75. The van der Waals surface area contributed by atoms with Gasteiger partial charge in [-0.25, -0.2) is 8.42 Å². The number of ether oxygens (including phenoxy) is 1. The zero-order chi connectivity index (χ0) is 13.9. The van der Waals surface area contributed by atoms with E-state index < -0.39 is 9.84 Å². The second-order valence-electron chi connectivity index (χ2n) is 4.88. The number of nitrogens with one attached hydrogen (secondary N) is 1. The standard InChI is InChI=1S/C13H18ClNO3S/c1-19(16,17)11-4-5-12(14)13(7-11)15-8-10-3-2-6-18-9-10/h4-5,7,10,15H,2-3,6,8-9H2,1H3. The average Bonchev–Trinajstić information content (AvgIpc) is 2.37. The molecule has 4 nitrogen and oxygen atoms in total. The number of hydrogen-bond acceptors (Lipinski definition) is 4. The Hall–Kier alpha value is -0.780. The highest BCUT2D eigenvalue weighted by molar-refractivity contribution is 7.90. The van der Waals surface area contributed by atoms with Crippen LogP contribution in [0.3, 0.4) is 0 Å². The summed E-state index contributed by atoms with van der Waals surface area (Å²) in [7, 11) is -3.21. The number of hydrogen-bond donors (Lipinski definition) is 1. The summed E-state index contributed by atoms with van der Waals surface area (Å²) >= 11 is 6.08. The lowest BCUT2D eigenvalue weighted by atomic mass is 10.0. The van der Waals surface area contributed by atoms with Crippen molar-refractivity contribution in [1.29, 1.82) is 0 Å². The molecule has 0 bridgehead atoms. The van der Waals surface area contributed by atoms with Crippen LogP contribution < -0.4 is 5.32 Å². The zero-order valence-corrected chi connectivity index (χ0v) is 12.4. The first-order valence-electron chi connectivity index (χ1n) is 6.28. The van der Waals surface area contributed by atoms with Crippen molar-refractivity contribution in [3.8, 4) is 0 Å². The maximum Gasteiger partial charge on any atom is 0.175 e. The lowest BCUT2D eigenvalue weighted by Gasteiger charge is -2.23. The smallest absolute Gasteiger partial charge is 0.175 e. The minimum atomic E-state index is -3.21. The summed E-state index contributed by atoms with van der Waals surface area (Å²) in [6, 6.07) is 4.71. The largest absolute Gasteiger partial charge is 0.383 e. The molecule has 2 rings (SSSR count). The van der Waals surface area contributed by atoms with Gasteiger partial charge in [0.05, 0.1) is 22.2 Å². The monoisotopic (exact) mass is 303 g/mol. The highest BCUT2D eigenvalue weighted by Gasteiger charge is 2.15. The van der Waals surface area contributed by atoms with Gasteiger partial charge in [0.15, 0.2) is 9.84 Å². The molecule has 1 heterocycles. The van der Waals surface area contributed by atoms with E-state index in [2.05, 4.69) is 5.32 Å². The highest BCUT2D eigenvalue weighted by atomic mass is 35.5. The molecule has 0 amide bonds. The van der Waals surface area contributed by atoms with Crippen molar-refractivity contribution in [1.82, 2.24) is 0 Å². The van der Waals surface area contributed by atoms with E-state index in [4.69, 9.17) is 16.3 Å². The van der Waals surface area contributed by atoms with Crippen molar-refractivity contribution < 1.29 is 13.2 Å². The Labute approximate surface area is 119 Å². The molecular weight excluding hydrogens is 286 g/mol. The lowest BCUT2D eigenvalue weighted by Crippen LogP contribution is -2.24. The second kappa shape index (κ2) is 6.11. The number of halogens is 1. The zero-order valence-electron chi connectivity index (χ0n) is 10.9. The molecule has 0 aromatic heterocycles. The number of anilines is 1. The molecule has 1 saturated heterocycles. The SMILES string of the molecule is CS(=O)(=O)c1ccc(Cl)c(NCC2CCCOC2)c1. The summed E-state index contributed by atoms with van der Waals surface area (Å²) < 4.78 is 28.4. The molecule has 1 atom stereocenters. The van der Waals surface area contributed by atoms with Crippen molar-refractivity contribution in [3.63, 3.8) is 0 Å². The van der Waals surface area contributed by atoms with Crippen LogP contribution >= 0.6 is 11.6 Å². The predicted molar refractivity (Wildman–Crippen MR) is 76.6 cm³/mol. The van der Waals surface area contributed by atoms with Gasteiger partial charge in [0.2, 0.25) is 0 Å². The van der Waals surface area contributed by atoms with Crippen LogP contribution in [0.25, 0.3) is 0 Å². The van der Waals surface area contributed by atoms with Gasteiger partial charge in [0, 0.05) is 19.4 Å². The summed E-state index contributed by atoms with van der Waals surface area (Å²) in [6.45, 7) is 2.32. The van der Waals surface area contributed by atoms with Crippen molar-refractivity contribution in [2.75, 3.05) is 31.3 Å². The molecule has 0 aliphatic carbocycles. The van der Waals surface area contributed by atoms with Crippen LogP contribution in [0.5, 0.6) is 0 Å². The Morgan fingerprint density at radius 2 is 2.26 bits per heavy atom. The molecule has 0 saturated carbocycles. The maximum absolute atomic E-state index is 11.5. The van der Waals surface area contributed by atoms with E-state index in [1.807, 2.05) is 0 Å². The fourth-order valence-electron chi connectivity index (χ4n) is 2.09. The first-order valence-corrected chi connectivity index (χ1v) is 8.55. The van der Waals surface area contributed by atoms with Crippen LogP contribution in [-0.2, 0) is 14.6 Å². The molecule has 19 heavy (non-hydrogen) atoms. The lowest BCUT2D eigenvalue weighted by molar-refractivity contribution is 0.0595. The Kier molecular flexibility index (Phi) is 4.71. The number of benzene rings is 1. The maximum atomic E-state index is 11.5. The Balaban J connectivity index is 2.06. The van der Waals surface area contributed by atoms with Gasteiger partial charge in [-0.05, 0) is 37.0 Å². The molecule has 1 unspecified atom stereocenters. The van der Waals surface area contributed by atoms with E-state index in [9.17, 15) is 8.42 Å². The fourth-order valence-corrected chi connectivity index (χ4v) is 2.92. The van der Waals surface area contributed by atoms with Crippen LogP contribution in [0.2, 0.25) is 5.02 Å². The number of sulfone groups is 1. The quantitative estimate of drug-likeness (QED) is 0.929. The molecule has 1 aliphatic heterocycles. The third-order valence-corrected chi connectivity index (χ3v) is 4.64. The molecule has 0 spiro atoms. The van der Waals surface area contributed by atoms with E-state index in [0.717, 1.165) is 32.6 Å². The van der Waals surface area contributed by atoms with E-state index in [1.54, 1.807) is 12.1 Å². The molecule has 1 aliphatic rings. The molecule has 106 valence electrons. The minimum absolute atomic E-state index is 0.277. The third-order valence-electron chi connectivity index (χ3n) is 3.20. The Bertz CT molecular complexity index is 539. The van der Waals surface area contributed by atoms with Gasteiger partial charge in [-0.3, -0.25) is 0 Å². The van der Waals surface area contributed by atoms with Crippen molar-refractivity contribution in [2.24, 2.45) is 5.92 Å². The average molecular weight is 304 g/mol. The fraction of sp³-hybridized carbons (Fsp3) is 0.538. The van der Waals surface area contributed by atoms with E-state index in [-0.39, 0.29) is 4.90 Å². The first kappa shape index (κ1) is 14.6. The third kappa shape index (κ3) is 4.09. The van der Waals surface area contributed by atoms with Crippen LogP contribution in [0.4, 0.5) is 5.69 Å². The van der Waals surface area contributed by atoms with E-state index >= 15 is 0 Å². The minimum Gasteiger partial charge on any atom is -0.383 e. The Morgan fingerprint density at radius 1 is 1.47 bits per heavy atom. The highest BCUT2D eigenvalue weighted by Crippen LogP contribution is 2.26. The van der Waals surface area contributed by atoms with Crippen LogP contribution in [-0.4, -0.2) is 34.4 Å². The summed E-state index contributed by atoms with van der Waals surface area (Å²) in [4.78, 5) is 0.277.